The van der Waals surface area contributed by atoms with Gasteiger partial charge in [-0.1, -0.05) is 36.4 Å². The molecule has 102 valence electrons. The van der Waals surface area contributed by atoms with Crippen LogP contribution in [-0.2, 0) is 0 Å². The summed E-state index contributed by atoms with van der Waals surface area (Å²) in [5.41, 5.74) is 8.81. The molecule has 0 aliphatic carbocycles. The average Bonchev–Trinajstić information content (AvgIpc) is 2.85. The first-order valence-electron chi connectivity index (χ1n) is 6.81. The summed E-state index contributed by atoms with van der Waals surface area (Å²) in [6.45, 7) is 1.99. The lowest BCUT2D eigenvalue weighted by Gasteiger charge is -1.97. The molecule has 0 bridgehead atoms. The van der Waals surface area contributed by atoms with Gasteiger partial charge in [0.25, 0.3) is 5.88 Å². The number of oxazole rings is 1. The summed E-state index contributed by atoms with van der Waals surface area (Å²) >= 11 is 0. The highest BCUT2D eigenvalue weighted by Gasteiger charge is 2.27. The Bertz CT molecular complexity index is 958. The second-order valence-corrected chi connectivity index (χ2v) is 5.03. The van der Waals surface area contributed by atoms with E-state index in [1.165, 1.54) is 0 Å². The van der Waals surface area contributed by atoms with Gasteiger partial charge in [-0.3, -0.25) is 0 Å². The molecule has 4 heteroatoms. The van der Waals surface area contributed by atoms with Gasteiger partial charge in [-0.2, -0.15) is 0 Å². The summed E-state index contributed by atoms with van der Waals surface area (Å²) in [5, 5.41) is 6.78. The number of nitrogens with two attached hydrogens (primary N) is 1. The van der Waals surface area contributed by atoms with Crippen LogP contribution in [0.1, 0.15) is 5.69 Å². The molecule has 0 fully saturated rings. The number of aryl methyl sites for hydroxylation is 1. The second-order valence-electron chi connectivity index (χ2n) is 5.03. The molecule has 2 aromatic heterocycles. The smallest absolute Gasteiger partial charge is 0.379 e. The maximum absolute atomic E-state index is 6.10. The monoisotopic (exact) mass is 276 g/mol. The summed E-state index contributed by atoms with van der Waals surface area (Å²) in [7, 11) is 0. The zero-order chi connectivity index (χ0) is 14.4. The fraction of sp³-hybridized carbons (Fsp3) is 0.0588. The van der Waals surface area contributed by atoms with Gasteiger partial charge in [0, 0.05) is 10.5 Å². The molecule has 0 radical (unpaired) electrons. The van der Waals surface area contributed by atoms with Gasteiger partial charge >= 0.3 is 11.4 Å². The van der Waals surface area contributed by atoms with E-state index in [-0.39, 0.29) is 0 Å². The fourth-order valence-corrected chi connectivity index (χ4v) is 2.71. The van der Waals surface area contributed by atoms with Gasteiger partial charge in [0.1, 0.15) is 5.69 Å². The van der Waals surface area contributed by atoms with E-state index in [9.17, 15) is 0 Å². The fourth-order valence-electron chi connectivity index (χ4n) is 2.71. The van der Waals surface area contributed by atoms with E-state index >= 15 is 0 Å². The number of nitrogen functional groups attached to an aromatic ring is 1. The molecule has 21 heavy (non-hydrogen) atoms. The number of hydrogen-bond donors (Lipinski definition) is 1. The first-order valence-corrected chi connectivity index (χ1v) is 6.81. The summed E-state index contributed by atoms with van der Waals surface area (Å²) < 4.78 is 7.59. The van der Waals surface area contributed by atoms with E-state index in [4.69, 9.17) is 10.2 Å². The van der Waals surface area contributed by atoms with Crippen molar-refractivity contribution >= 4 is 22.2 Å². The minimum absolute atomic E-state index is 0.387. The van der Waals surface area contributed by atoms with Crippen molar-refractivity contribution in [1.82, 2.24) is 5.10 Å². The van der Waals surface area contributed by atoms with Crippen molar-refractivity contribution in [3.63, 3.8) is 0 Å². The molecule has 2 aromatic carbocycles. The van der Waals surface area contributed by atoms with Gasteiger partial charge in [-0.15, -0.1) is 0 Å². The molecule has 4 nitrogen and oxygen atoms in total. The van der Waals surface area contributed by atoms with Crippen molar-refractivity contribution in [3.8, 4) is 11.5 Å². The summed E-state index contributed by atoms with van der Waals surface area (Å²) in [4.78, 5) is 0. The molecule has 2 heterocycles. The molecule has 4 rings (SSSR count). The van der Waals surface area contributed by atoms with Gasteiger partial charge in [-0.25, -0.2) is 0 Å². The Balaban J connectivity index is 2.17. The van der Waals surface area contributed by atoms with Crippen LogP contribution in [0.25, 0.3) is 27.7 Å². The minimum Gasteiger partial charge on any atom is -0.379 e. The predicted octanol–water partition coefficient (Wildman–Crippen LogP) is 3.12. The number of anilines is 1. The number of nitrogens with zero attached hydrogens (tertiary/aromatic N) is 2. The maximum atomic E-state index is 6.10. The predicted molar refractivity (Wildman–Crippen MR) is 81.8 cm³/mol. The molecular weight excluding hydrogens is 262 g/mol. The largest absolute Gasteiger partial charge is 0.414 e. The Morgan fingerprint density at radius 3 is 2.38 bits per heavy atom. The molecular formula is C17H14N3O+. The van der Waals surface area contributed by atoms with Crippen molar-refractivity contribution in [2.45, 2.75) is 6.92 Å². The highest BCUT2D eigenvalue weighted by atomic mass is 16.4. The van der Waals surface area contributed by atoms with Gasteiger partial charge < -0.3 is 10.2 Å². The number of rotatable bonds is 1. The Labute approximate surface area is 121 Å². The van der Waals surface area contributed by atoms with E-state index in [0.717, 1.165) is 27.5 Å². The third-order valence-corrected chi connectivity index (χ3v) is 3.69. The van der Waals surface area contributed by atoms with Crippen molar-refractivity contribution in [2.24, 2.45) is 0 Å². The Kier molecular flexibility index (Phi) is 2.44. The quantitative estimate of drug-likeness (QED) is 0.543. The summed E-state index contributed by atoms with van der Waals surface area (Å²) in [6.07, 6.45) is 0. The van der Waals surface area contributed by atoms with Crippen molar-refractivity contribution in [1.29, 1.82) is 0 Å². The highest BCUT2D eigenvalue weighted by Crippen LogP contribution is 2.28. The van der Waals surface area contributed by atoms with Crippen LogP contribution >= 0.6 is 0 Å². The molecule has 4 aromatic rings. The molecule has 0 saturated heterocycles. The molecule has 0 saturated carbocycles. The van der Waals surface area contributed by atoms with Crippen LogP contribution < -0.4 is 10.2 Å². The minimum atomic E-state index is 0.387. The number of benzene rings is 2. The molecule has 0 atom stereocenters. The van der Waals surface area contributed by atoms with Gasteiger partial charge in [-0.05, 0) is 29.6 Å². The van der Waals surface area contributed by atoms with Gasteiger partial charge in [0.15, 0.2) is 0 Å². The summed E-state index contributed by atoms with van der Waals surface area (Å²) in [6, 6.07) is 18.0. The molecule has 0 unspecified atom stereocenters. The van der Waals surface area contributed by atoms with E-state index in [0.29, 0.717) is 11.8 Å². The van der Waals surface area contributed by atoms with Crippen LogP contribution in [0.5, 0.6) is 0 Å². The third-order valence-electron chi connectivity index (χ3n) is 3.69. The van der Waals surface area contributed by atoms with Gasteiger partial charge in [0.05, 0.1) is 10.9 Å². The van der Waals surface area contributed by atoms with E-state index in [1.807, 2.05) is 61.5 Å². The average molecular weight is 276 g/mol. The lowest BCUT2D eigenvalue weighted by Crippen LogP contribution is -2.28. The Hall–Kier alpha value is -2.88. The standard InChI is InChI=1S/C17H14N3O/c1-11-13-9-5-6-10-14(13)15-16(18)21-17(20(15)19-11)12-7-3-2-4-8-12/h2-10H,18H2,1H3/q+1. The Morgan fingerprint density at radius 1 is 0.952 bits per heavy atom. The normalized spacial score (nSPS) is 11.3. The van der Waals surface area contributed by atoms with Crippen LogP contribution in [-0.4, -0.2) is 5.10 Å². The number of hydrogen-bond acceptors (Lipinski definition) is 3. The lowest BCUT2D eigenvalue weighted by molar-refractivity contribution is -0.572. The first kappa shape index (κ1) is 11.9. The molecule has 0 amide bonds. The van der Waals surface area contributed by atoms with Crippen LogP contribution in [0, 0.1) is 6.92 Å². The van der Waals surface area contributed by atoms with Crippen LogP contribution in [0.3, 0.4) is 0 Å². The molecule has 0 aliphatic heterocycles. The molecule has 2 N–H and O–H groups in total. The highest BCUT2D eigenvalue weighted by molar-refractivity contribution is 5.98. The SMILES string of the molecule is Cc1n[n+]2c(-c3ccccc3)oc(N)c2c2ccccc12. The maximum Gasteiger partial charge on any atom is 0.414 e. The van der Waals surface area contributed by atoms with Crippen LogP contribution in [0.15, 0.2) is 59.0 Å². The zero-order valence-electron chi connectivity index (χ0n) is 11.6. The van der Waals surface area contributed by atoms with Crippen molar-refractivity contribution in [2.75, 3.05) is 5.73 Å². The molecule has 0 aliphatic rings. The Morgan fingerprint density at radius 2 is 1.62 bits per heavy atom. The van der Waals surface area contributed by atoms with Gasteiger partial charge in [0.2, 0.25) is 0 Å². The third kappa shape index (κ3) is 1.69. The lowest BCUT2D eigenvalue weighted by atomic mass is 10.1. The number of fused-ring (bicyclic) bond motifs is 3. The van der Waals surface area contributed by atoms with E-state index in [2.05, 4.69) is 5.10 Å². The van der Waals surface area contributed by atoms with Crippen molar-refractivity contribution < 1.29 is 8.93 Å². The zero-order valence-corrected chi connectivity index (χ0v) is 11.6. The second kappa shape index (κ2) is 4.31. The van der Waals surface area contributed by atoms with E-state index in [1.54, 1.807) is 4.52 Å². The van der Waals surface area contributed by atoms with Crippen molar-refractivity contribution in [3.05, 3.63) is 60.3 Å². The molecule has 0 spiro atoms. The van der Waals surface area contributed by atoms with Crippen LogP contribution in [0.4, 0.5) is 5.88 Å². The number of aromatic nitrogens is 2. The topological polar surface area (TPSA) is 56.2 Å². The first-order chi connectivity index (χ1) is 10.3. The van der Waals surface area contributed by atoms with Crippen LogP contribution in [0.2, 0.25) is 0 Å². The summed E-state index contributed by atoms with van der Waals surface area (Å²) in [5.74, 6) is 1.04. The van der Waals surface area contributed by atoms with E-state index < -0.39 is 0 Å².